The summed E-state index contributed by atoms with van der Waals surface area (Å²) in [6, 6.07) is 21.8. The zero-order valence-corrected chi connectivity index (χ0v) is 22.0. The molecule has 1 unspecified atom stereocenters. The van der Waals surface area contributed by atoms with Crippen LogP contribution in [0.5, 0.6) is 17.2 Å². The molecule has 0 amide bonds. The van der Waals surface area contributed by atoms with Crippen LogP contribution in [0.2, 0.25) is 0 Å². The molecule has 38 heavy (non-hydrogen) atoms. The number of benzene rings is 3. The average molecular weight is 520 g/mol. The fraction of sp³-hybridized carbons (Fsp3) is 0.400. The van der Waals surface area contributed by atoms with E-state index in [1.54, 1.807) is 7.11 Å². The molecule has 0 aliphatic carbocycles. The van der Waals surface area contributed by atoms with E-state index in [9.17, 15) is 5.11 Å². The van der Waals surface area contributed by atoms with Gasteiger partial charge < -0.3 is 29.0 Å². The van der Waals surface area contributed by atoms with E-state index in [-0.39, 0.29) is 6.61 Å². The van der Waals surface area contributed by atoms with Gasteiger partial charge in [-0.25, -0.2) is 0 Å². The Morgan fingerprint density at radius 1 is 0.895 bits per heavy atom. The number of morpholine rings is 1. The summed E-state index contributed by atoms with van der Waals surface area (Å²) in [6.07, 6.45) is -0.647. The van der Waals surface area contributed by atoms with Gasteiger partial charge in [-0.3, -0.25) is 9.80 Å². The van der Waals surface area contributed by atoms with E-state index in [0.29, 0.717) is 25.4 Å². The summed E-state index contributed by atoms with van der Waals surface area (Å²) in [6.45, 7) is 7.02. The van der Waals surface area contributed by atoms with E-state index in [1.807, 2.05) is 54.6 Å². The molecule has 1 fully saturated rings. The molecule has 2 heterocycles. The maximum absolute atomic E-state index is 11.0. The van der Waals surface area contributed by atoms with Crippen molar-refractivity contribution in [1.82, 2.24) is 14.8 Å². The molecular formula is C30H37N3O5. The number of aromatic amines is 1. The molecule has 2 N–H and O–H groups in total. The summed E-state index contributed by atoms with van der Waals surface area (Å²) in [5.41, 5.74) is 2.10. The lowest BCUT2D eigenvalue weighted by molar-refractivity contribution is 0.0251. The number of aliphatic hydroxyl groups is 1. The molecule has 1 aliphatic rings. The van der Waals surface area contributed by atoms with Gasteiger partial charge in [-0.2, -0.15) is 0 Å². The van der Waals surface area contributed by atoms with Crippen molar-refractivity contribution < 1.29 is 24.1 Å². The Bertz CT molecular complexity index is 1300. The van der Waals surface area contributed by atoms with Gasteiger partial charge in [-0.15, -0.1) is 0 Å². The summed E-state index contributed by atoms with van der Waals surface area (Å²) >= 11 is 0. The Morgan fingerprint density at radius 3 is 2.47 bits per heavy atom. The first-order chi connectivity index (χ1) is 18.7. The molecule has 0 radical (unpaired) electrons. The second kappa shape index (κ2) is 13.0. The van der Waals surface area contributed by atoms with E-state index < -0.39 is 6.10 Å². The number of hydrogen-bond donors (Lipinski definition) is 2. The van der Waals surface area contributed by atoms with Crippen molar-refractivity contribution in [2.45, 2.75) is 6.10 Å². The summed E-state index contributed by atoms with van der Waals surface area (Å²) in [4.78, 5) is 8.09. The van der Waals surface area contributed by atoms with Crippen LogP contribution in [-0.4, -0.2) is 98.8 Å². The van der Waals surface area contributed by atoms with Crippen LogP contribution in [0.15, 0.2) is 66.7 Å². The van der Waals surface area contributed by atoms with Gasteiger partial charge in [0.1, 0.15) is 25.1 Å². The van der Waals surface area contributed by atoms with E-state index in [0.717, 1.165) is 72.7 Å². The number of aliphatic hydroxyl groups excluding tert-OH is 1. The minimum absolute atomic E-state index is 0.208. The van der Waals surface area contributed by atoms with Crippen LogP contribution in [0.1, 0.15) is 0 Å². The van der Waals surface area contributed by atoms with Crippen LogP contribution in [0.25, 0.3) is 21.8 Å². The van der Waals surface area contributed by atoms with Crippen LogP contribution < -0.4 is 14.2 Å². The first-order valence-electron chi connectivity index (χ1n) is 13.3. The van der Waals surface area contributed by atoms with Crippen molar-refractivity contribution in [1.29, 1.82) is 0 Å². The third-order valence-corrected chi connectivity index (χ3v) is 6.96. The van der Waals surface area contributed by atoms with Crippen LogP contribution >= 0.6 is 0 Å². The highest BCUT2D eigenvalue weighted by molar-refractivity contribution is 6.10. The van der Waals surface area contributed by atoms with Gasteiger partial charge in [0, 0.05) is 55.6 Å². The molecule has 4 aromatic rings. The molecule has 8 heteroatoms. The zero-order chi connectivity index (χ0) is 26.2. The molecule has 0 spiro atoms. The monoisotopic (exact) mass is 519 g/mol. The van der Waals surface area contributed by atoms with E-state index in [4.69, 9.17) is 18.9 Å². The number of ether oxygens (including phenoxy) is 4. The van der Waals surface area contributed by atoms with Crippen LogP contribution in [0.4, 0.5) is 0 Å². The predicted molar refractivity (Wildman–Crippen MR) is 149 cm³/mol. The van der Waals surface area contributed by atoms with Crippen LogP contribution in [0.3, 0.4) is 0 Å². The molecule has 5 rings (SSSR count). The standard InChI is InChI=1S/C30H37N3O5/c1-35-27-10-4-5-11-28(27)37-20-17-33(14-13-32-15-18-36-19-16-32)21-23(34)22-38-29-12-6-9-26-30(29)24-7-2-3-8-25(24)31-26/h2-12,23,31,34H,13-22H2,1H3. The van der Waals surface area contributed by atoms with Crippen LogP contribution in [-0.2, 0) is 4.74 Å². The van der Waals surface area contributed by atoms with Gasteiger partial charge in [0.2, 0.25) is 0 Å². The fourth-order valence-electron chi connectivity index (χ4n) is 4.95. The highest BCUT2D eigenvalue weighted by Gasteiger charge is 2.17. The lowest BCUT2D eigenvalue weighted by Crippen LogP contribution is -2.45. The van der Waals surface area contributed by atoms with Gasteiger partial charge >= 0.3 is 0 Å². The van der Waals surface area contributed by atoms with Gasteiger partial charge in [0.25, 0.3) is 0 Å². The number of rotatable bonds is 13. The number of hydrogen-bond acceptors (Lipinski definition) is 7. The highest BCUT2D eigenvalue weighted by Crippen LogP contribution is 2.33. The molecule has 1 aromatic heterocycles. The first kappa shape index (κ1) is 26.3. The zero-order valence-electron chi connectivity index (χ0n) is 22.0. The maximum Gasteiger partial charge on any atom is 0.161 e. The van der Waals surface area contributed by atoms with E-state index in [2.05, 4.69) is 26.9 Å². The fourth-order valence-corrected chi connectivity index (χ4v) is 4.95. The molecule has 1 atom stereocenters. The van der Waals surface area contributed by atoms with Crippen LogP contribution in [0, 0.1) is 0 Å². The Labute approximate surface area is 223 Å². The largest absolute Gasteiger partial charge is 0.493 e. The normalized spacial score (nSPS) is 15.2. The predicted octanol–water partition coefficient (Wildman–Crippen LogP) is 3.78. The summed E-state index contributed by atoms with van der Waals surface area (Å²) < 4.78 is 23.1. The lowest BCUT2D eigenvalue weighted by atomic mass is 10.1. The molecule has 0 saturated carbocycles. The number of H-pyrrole nitrogens is 1. The van der Waals surface area contributed by atoms with Crippen molar-refractivity contribution in [3.63, 3.8) is 0 Å². The Kier molecular flexibility index (Phi) is 8.98. The third-order valence-electron chi connectivity index (χ3n) is 6.96. The number of methoxy groups -OCH3 is 1. The molecule has 1 aliphatic heterocycles. The Morgan fingerprint density at radius 2 is 1.63 bits per heavy atom. The second-order valence-corrected chi connectivity index (χ2v) is 9.57. The van der Waals surface area contributed by atoms with Crippen molar-refractivity contribution in [3.8, 4) is 17.2 Å². The topological polar surface area (TPSA) is 79.4 Å². The van der Waals surface area contributed by atoms with Gasteiger partial charge in [-0.05, 0) is 30.3 Å². The SMILES string of the molecule is COc1ccccc1OCCN(CCN1CCOCC1)CC(O)COc1cccc2[nH]c3ccccc3c12. The number of nitrogens with one attached hydrogen (secondary N) is 1. The maximum atomic E-state index is 11.0. The molecule has 3 aromatic carbocycles. The third kappa shape index (κ3) is 6.57. The Balaban J connectivity index is 1.20. The van der Waals surface area contributed by atoms with Crippen molar-refractivity contribution in [2.75, 3.05) is 72.8 Å². The van der Waals surface area contributed by atoms with Gasteiger partial charge in [-0.1, -0.05) is 36.4 Å². The number of para-hydroxylation sites is 3. The summed E-state index contributed by atoms with van der Waals surface area (Å²) in [5, 5.41) is 13.1. The van der Waals surface area contributed by atoms with Crippen molar-refractivity contribution in [3.05, 3.63) is 66.7 Å². The lowest BCUT2D eigenvalue weighted by Gasteiger charge is -2.31. The number of fused-ring (bicyclic) bond motifs is 3. The second-order valence-electron chi connectivity index (χ2n) is 9.57. The highest BCUT2D eigenvalue weighted by atomic mass is 16.5. The van der Waals surface area contributed by atoms with Gasteiger partial charge in [0.15, 0.2) is 11.5 Å². The number of nitrogens with zero attached hydrogens (tertiary/aromatic N) is 2. The molecule has 1 saturated heterocycles. The summed E-state index contributed by atoms with van der Waals surface area (Å²) in [5.74, 6) is 2.21. The first-order valence-corrected chi connectivity index (χ1v) is 13.3. The molecular weight excluding hydrogens is 482 g/mol. The Hall–Kier alpha value is -3.30. The molecule has 8 nitrogen and oxygen atoms in total. The van der Waals surface area contributed by atoms with Crippen molar-refractivity contribution in [2.24, 2.45) is 0 Å². The van der Waals surface area contributed by atoms with Crippen molar-refractivity contribution >= 4 is 21.8 Å². The van der Waals surface area contributed by atoms with Gasteiger partial charge in [0.05, 0.1) is 25.8 Å². The van der Waals surface area contributed by atoms with E-state index >= 15 is 0 Å². The smallest absolute Gasteiger partial charge is 0.161 e. The molecule has 0 bridgehead atoms. The minimum atomic E-state index is -0.647. The minimum Gasteiger partial charge on any atom is -0.493 e. The molecule has 202 valence electrons. The summed E-state index contributed by atoms with van der Waals surface area (Å²) in [7, 11) is 1.64. The average Bonchev–Trinajstić information content (AvgIpc) is 3.35. The van der Waals surface area contributed by atoms with E-state index in [1.165, 1.54) is 0 Å². The number of aromatic nitrogens is 1. The quantitative estimate of drug-likeness (QED) is 0.278.